The maximum Gasteiger partial charge on any atom is 2.00 e. The van der Waals surface area contributed by atoms with Gasteiger partial charge >= 0.3 is 209 Å². The maximum atomic E-state index is 2.55. The summed E-state index contributed by atoms with van der Waals surface area (Å²) in [5, 5.41) is 5.83. The third-order valence-electron chi connectivity index (χ3n) is 6.45. The monoisotopic (exact) mass is 596 g/mol. The van der Waals surface area contributed by atoms with E-state index in [4.69, 9.17) is 0 Å². The van der Waals surface area contributed by atoms with E-state index in [1.54, 1.807) is 19.9 Å². The Labute approximate surface area is 207 Å². The van der Waals surface area contributed by atoms with Crippen molar-refractivity contribution in [2.75, 3.05) is 0 Å². The summed E-state index contributed by atoms with van der Waals surface area (Å²) in [4.78, 5) is 0. The number of fused-ring (bicyclic) bond motifs is 2. The molecular formula is C27H34Ge2Zr. The van der Waals surface area contributed by atoms with Gasteiger partial charge in [-0.3, -0.25) is 0 Å². The molecule has 4 aromatic carbocycles. The van der Waals surface area contributed by atoms with Gasteiger partial charge in [-0.05, 0) is 0 Å². The van der Waals surface area contributed by atoms with Gasteiger partial charge in [0.25, 0.3) is 0 Å². The average molecular weight is 595 g/mol. The molecular weight excluding hydrogens is 561 g/mol. The Morgan fingerprint density at radius 1 is 0.600 bits per heavy atom. The van der Waals surface area contributed by atoms with Gasteiger partial charge in [-0.15, -0.1) is 0 Å². The summed E-state index contributed by atoms with van der Waals surface area (Å²) >= 11 is -4.17. The fourth-order valence-corrected chi connectivity index (χ4v) is 14.5. The molecule has 0 aliphatic heterocycles. The molecule has 0 aromatic heterocycles. The molecule has 0 aliphatic rings. The van der Waals surface area contributed by atoms with Crippen LogP contribution in [0, 0.1) is 0 Å². The first-order valence-corrected chi connectivity index (χ1v) is 25.5. The Kier molecular flexibility index (Phi) is 6.63. The molecule has 0 aliphatic carbocycles. The number of hydrogen-bond acceptors (Lipinski definition) is 0. The third kappa shape index (κ3) is 4.04. The molecule has 0 amide bonds. The van der Waals surface area contributed by atoms with Crippen LogP contribution in [0.4, 0.5) is 0 Å². The summed E-state index contributed by atoms with van der Waals surface area (Å²) < 4.78 is 3.39. The van der Waals surface area contributed by atoms with Gasteiger partial charge in [0.05, 0.1) is 0 Å². The maximum absolute atomic E-state index is 2.55. The van der Waals surface area contributed by atoms with Crippen molar-refractivity contribution in [1.29, 1.82) is 0 Å². The predicted molar refractivity (Wildman–Crippen MR) is 137 cm³/mol. The van der Waals surface area contributed by atoms with Crippen LogP contribution in [0.3, 0.4) is 0 Å². The van der Waals surface area contributed by atoms with Crippen LogP contribution >= 0.6 is 0 Å². The minimum Gasteiger partial charge on any atom is 2.00 e. The van der Waals surface area contributed by atoms with Crippen molar-refractivity contribution < 1.29 is 26.2 Å². The normalized spacial score (nSPS) is 13.1. The van der Waals surface area contributed by atoms with E-state index < -0.39 is 26.5 Å². The molecule has 0 heterocycles. The van der Waals surface area contributed by atoms with Gasteiger partial charge < -0.3 is 0 Å². The van der Waals surface area contributed by atoms with Crippen LogP contribution in [0.15, 0.2) is 60.7 Å². The van der Waals surface area contributed by atoms with Crippen molar-refractivity contribution in [2.24, 2.45) is 0 Å². The predicted octanol–water partition coefficient (Wildman–Crippen LogP) is 6.84. The van der Waals surface area contributed by atoms with Crippen molar-refractivity contribution in [3.05, 3.63) is 71.8 Å². The van der Waals surface area contributed by atoms with E-state index in [2.05, 4.69) is 109 Å². The molecule has 4 rings (SSSR count). The van der Waals surface area contributed by atoms with Crippen molar-refractivity contribution in [2.45, 2.75) is 53.8 Å². The summed E-state index contributed by atoms with van der Waals surface area (Å²) in [5.74, 6) is 15.3. The van der Waals surface area contributed by atoms with Crippen LogP contribution in [0.1, 0.15) is 25.0 Å². The van der Waals surface area contributed by atoms with E-state index in [1.165, 1.54) is 21.5 Å². The summed E-state index contributed by atoms with van der Waals surface area (Å²) in [5.41, 5.74) is 3.17. The van der Waals surface area contributed by atoms with Gasteiger partial charge in [-0.2, -0.15) is 0 Å². The molecule has 0 radical (unpaired) electrons. The molecule has 4 aromatic rings. The van der Waals surface area contributed by atoms with Crippen LogP contribution in [-0.4, -0.2) is 26.5 Å². The first-order chi connectivity index (χ1) is 13.4. The second-order valence-corrected chi connectivity index (χ2v) is 32.1. The second-order valence-electron chi connectivity index (χ2n) is 11.2. The van der Waals surface area contributed by atoms with Crippen molar-refractivity contribution in [3.8, 4) is 0 Å². The van der Waals surface area contributed by atoms with Crippen molar-refractivity contribution in [1.82, 2.24) is 0 Å². The summed E-state index contributed by atoms with van der Waals surface area (Å²) in [7, 11) is 0. The van der Waals surface area contributed by atoms with Gasteiger partial charge in [0.1, 0.15) is 0 Å². The van der Waals surface area contributed by atoms with E-state index in [0.717, 1.165) is 0 Å². The molecule has 0 unspecified atom stereocenters. The third-order valence-corrected chi connectivity index (χ3v) is 15.0. The largest absolute Gasteiger partial charge is 2.00 e. The Bertz CT molecular complexity index is 1100. The Hall–Kier alpha value is -0.371. The zero-order valence-electron chi connectivity index (χ0n) is 19.8. The van der Waals surface area contributed by atoms with Gasteiger partial charge in [0.2, 0.25) is 0 Å². The number of hydrogen-bond donors (Lipinski definition) is 0. The average Bonchev–Trinajstić information content (AvgIpc) is 3.20. The fourth-order valence-electron chi connectivity index (χ4n) is 5.19. The Balaban J connectivity index is 0.00000256. The van der Waals surface area contributed by atoms with Gasteiger partial charge in [-0.25, -0.2) is 0 Å². The number of benzene rings is 2. The zero-order chi connectivity index (χ0) is 21.2. The standard InChI is InChI=1S/C27H34Ge2.Zr/c1-27(2,23-17-19-13-9-11-15-21(19)25(23)28(3,4)5)24-18-20-14-10-12-16-22(20)26(24)29(6,7)8;/h9-18H,1-8H3;/q-2;+2. The Morgan fingerprint density at radius 2 is 0.933 bits per heavy atom. The molecule has 0 saturated heterocycles. The van der Waals surface area contributed by atoms with Crippen LogP contribution in [0.2, 0.25) is 34.5 Å². The molecule has 0 fully saturated rings. The van der Waals surface area contributed by atoms with E-state index in [9.17, 15) is 0 Å². The molecule has 154 valence electrons. The molecule has 0 atom stereocenters. The minimum absolute atomic E-state index is 0. The van der Waals surface area contributed by atoms with Crippen molar-refractivity contribution in [3.63, 3.8) is 0 Å². The molecule has 0 bridgehead atoms. The van der Waals surface area contributed by atoms with Crippen LogP contribution in [0.25, 0.3) is 21.5 Å². The SMILES string of the molecule is CC(C)(c1[cH-]c2ccccc2[c]1[Ge]([CH3])([CH3])[CH3])c1[cH-]c2ccccc2[c]1[Ge]([CH3])([CH3])[CH3].[Zr+2]. The fraction of sp³-hybridized carbons (Fsp3) is 0.333. The number of rotatable bonds is 4. The molecule has 0 nitrogen and oxygen atoms in total. The van der Waals surface area contributed by atoms with E-state index in [1.807, 2.05) is 0 Å². The first kappa shape index (κ1) is 24.3. The minimum atomic E-state index is -2.09. The second kappa shape index (κ2) is 8.20. The summed E-state index contributed by atoms with van der Waals surface area (Å²) in [6, 6.07) is 23.1. The molecule has 30 heavy (non-hydrogen) atoms. The van der Waals surface area contributed by atoms with Crippen LogP contribution < -0.4 is 8.79 Å². The Morgan fingerprint density at radius 3 is 1.27 bits per heavy atom. The topological polar surface area (TPSA) is 0 Å². The van der Waals surface area contributed by atoms with Gasteiger partial charge in [0, 0.05) is 0 Å². The summed E-state index contributed by atoms with van der Waals surface area (Å²) in [6.45, 7) is 4.95. The quantitative estimate of drug-likeness (QED) is 0.179. The van der Waals surface area contributed by atoms with Crippen molar-refractivity contribution >= 4 is 56.9 Å². The van der Waals surface area contributed by atoms with Gasteiger partial charge in [-0.1, -0.05) is 0 Å². The summed E-state index contributed by atoms with van der Waals surface area (Å²) in [6.07, 6.45) is 0. The molecule has 0 N–H and O–H groups in total. The van der Waals surface area contributed by atoms with E-state index >= 15 is 0 Å². The smallest absolute Gasteiger partial charge is 2.00 e. The molecule has 0 spiro atoms. The van der Waals surface area contributed by atoms with Gasteiger partial charge in [0.15, 0.2) is 0 Å². The van der Waals surface area contributed by atoms with Crippen LogP contribution in [-0.2, 0) is 31.6 Å². The van der Waals surface area contributed by atoms with Crippen LogP contribution in [0.5, 0.6) is 0 Å². The first-order valence-electron chi connectivity index (χ1n) is 10.8. The van der Waals surface area contributed by atoms with E-state index in [0.29, 0.717) is 0 Å². The molecule has 3 heteroatoms. The van der Waals surface area contributed by atoms with E-state index in [-0.39, 0.29) is 31.6 Å². The zero-order valence-corrected chi connectivity index (χ0v) is 26.4. The molecule has 0 saturated carbocycles.